The van der Waals surface area contributed by atoms with E-state index >= 15 is 0 Å². The molecule has 0 amide bonds. The lowest BCUT2D eigenvalue weighted by Crippen LogP contribution is -1.92. The van der Waals surface area contributed by atoms with Gasteiger partial charge in [0, 0.05) is 24.2 Å². The summed E-state index contributed by atoms with van der Waals surface area (Å²) in [7, 11) is 0. The lowest BCUT2D eigenvalue weighted by atomic mass is 10.1. The smallest absolute Gasteiger partial charge is 0.0717 e. The van der Waals surface area contributed by atoms with Crippen LogP contribution in [0.5, 0.6) is 0 Å². The van der Waals surface area contributed by atoms with Gasteiger partial charge in [0.25, 0.3) is 0 Å². The number of fused-ring (bicyclic) bond motifs is 1. The average Bonchev–Trinajstić information content (AvgIpc) is 2.15. The summed E-state index contributed by atoms with van der Waals surface area (Å²) < 4.78 is 0. The average molecular weight is 156 g/mol. The van der Waals surface area contributed by atoms with Crippen molar-refractivity contribution in [2.45, 2.75) is 0 Å². The Morgan fingerprint density at radius 3 is 1.75 bits per heavy atom. The molecular formula is C10H8N2. The van der Waals surface area contributed by atoms with Crippen LogP contribution in [0.1, 0.15) is 0 Å². The third-order valence-electron chi connectivity index (χ3n) is 1.63. The molecule has 0 spiro atoms. The predicted octanol–water partition coefficient (Wildman–Crippen LogP) is 2.14. The van der Waals surface area contributed by atoms with E-state index in [9.17, 15) is 0 Å². The van der Waals surface area contributed by atoms with Gasteiger partial charge in [0.15, 0.2) is 0 Å². The summed E-state index contributed by atoms with van der Waals surface area (Å²) in [6.07, 6.45) is 5.37. The highest BCUT2D eigenvalue weighted by Gasteiger charge is 2.06. The van der Waals surface area contributed by atoms with Crippen LogP contribution in [-0.2, 0) is 0 Å². The molecule has 58 valence electrons. The van der Waals surface area contributed by atoms with Crippen LogP contribution in [0, 0.1) is 0 Å². The van der Waals surface area contributed by atoms with E-state index in [-0.39, 0.29) is 0 Å². The van der Waals surface area contributed by atoms with Gasteiger partial charge in [-0.2, -0.15) is 0 Å². The Morgan fingerprint density at radius 1 is 0.917 bits per heavy atom. The van der Waals surface area contributed by atoms with Gasteiger partial charge in [0.1, 0.15) is 0 Å². The van der Waals surface area contributed by atoms with Gasteiger partial charge in [-0.05, 0) is 24.3 Å². The minimum absolute atomic E-state index is 1.18. The first-order chi connectivity index (χ1) is 5.97. The highest BCUT2D eigenvalue weighted by atomic mass is 14.7. The second-order valence-electron chi connectivity index (χ2n) is 2.46. The molecule has 2 heterocycles. The van der Waals surface area contributed by atoms with Crippen molar-refractivity contribution in [2.24, 2.45) is 0 Å². The highest BCUT2D eigenvalue weighted by molar-refractivity contribution is 5.68. The zero-order valence-corrected chi connectivity index (χ0v) is 6.51. The van der Waals surface area contributed by atoms with Crippen LogP contribution >= 0.6 is 0 Å². The third kappa shape index (κ3) is 1.32. The molecule has 0 N–H and O–H groups in total. The monoisotopic (exact) mass is 156 g/mol. The van der Waals surface area contributed by atoms with Crippen LogP contribution in [0.2, 0.25) is 0 Å². The number of rotatable bonds is 0. The van der Waals surface area contributed by atoms with Crippen molar-refractivity contribution in [3.05, 3.63) is 48.9 Å². The summed E-state index contributed by atoms with van der Waals surface area (Å²) in [6.45, 7) is 0. The fraction of sp³-hybridized carbons (Fsp3) is 0. The Bertz CT molecular complexity index is 290. The van der Waals surface area contributed by atoms with Crippen LogP contribution in [0.4, 0.5) is 0 Å². The lowest BCUT2D eigenvalue weighted by molar-refractivity contribution is 1.23. The van der Waals surface area contributed by atoms with E-state index in [1.165, 1.54) is 11.3 Å². The molecule has 0 radical (unpaired) electrons. The summed E-state index contributed by atoms with van der Waals surface area (Å²) in [4.78, 5) is 7.69. The van der Waals surface area contributed by atoms with Gasteiger partial charge in [-0.25, -0.2) is 0 Å². The van der Waals surface area contributed by atoms with Crippen molar-refractivity contribution >= 4 is 0 Å². The van der Waals surface area contributed by atoms with E-state index in [1.54, 1.807) is 12.4 Å². The van der Waals surface area contributed by atoms with Crippen LogP contribution in [0.15, 0.2) is 48.9 Å². The Labute approximate surface area is 70.9 Å². The minimum atomic E-state index is 1.18. The number of hydrogen-bond donors (Lipinski definition) is 0. The van der Waals surface area contributed by atoms with Gasteiger partial charge in [-0.3, -0.25) is 9.97 Å². The van der Waals surface area contributed by atoms with E-state index < -0.39 is 0 Å². The fourth-order valence-corrected chi connectivity index (χ4v) is 0.866. The molecule has 0 saturated heterocycles. The maximum Gasteiger partial charge on any atom is 0.0717 e. The molecule has 0 unspecified atom stereocenters. The standard InChI is InChI=1S/C5H3N.C5H5N/c1-2-5-4(1)3-6-5;1-2-4-6-5-3-1/h1-3H;1-5H. The molecule has 1 aromatic rings. The van der Waals surface area contributed by atoms with Crippen LogP contribution in [-0.4, -0.2) is 9.97 Å². The van der Waals surface area contributed by atoms with Gasteiger partial charge in [-0.15, -0.1) is 0 Å². The molecule has 2 nitrogen and oxygen atoms in total. The van der Waals surface area contributed by atoms with E-state index in [2.05, 4.69) is 16.0 Å². The van der Waals surface area contributed by atoms with E-state index in [4.69, 9.17) is 0 Å². The van der Waals surface area contributed by atoms with Crippen molar-refractivity contribution < 1.29 is 0 Å². The quantitative estimate of drug-likeness (QED) is 0.498. The van der Waals surface area contributed by atoms with E-state index in [0.29, 0.717) is 0 Å². The Morgan fingerprint density at radius 2 is 1.67 bits per heavy atom. The van der Waals surface area contributed by atoms with Crippen molar-refractivity contribution in [3.8, 4) is 11.3 Å². The molecule has 3 rings (SSSR count). The number of hydrogen-bond acceptors (Lipinski definition) is 2. The van der Waals surface area contributed by atoms with Crippen LogP contribution < -0.4 is 0 Å². The molecule has 0 fully saturated rings. The molecule has 0 bridgehead atoms. The topological polar surface area (TPSA) is 25.8 Å². The molecule has 0 aromatic carbocycles. The van der Waals surface area contributed by atoms with Crippen molar-refractivity contribution in [2.75, 3.05) is 0 Å². The van der Waals surface area contributed by atoms with Crippen molar-refractivity contribution in [3.63, 3.8) is 0 Å². The summed E-state index contributed by atoms with van der Waals surface area (Å²) >= 11 is 0. The molecule has 0 atom stereocenters. The Hall–Kier alpha value is -1.70. The van der Waals surface area contributed by atoms with Gasteiger partial charge >= 0.3 is 0 Å². The van der Waals surface area contributed by atoms with Gasteiger partial charge in [0.2, 0.25) is 0 Å². The Kier molecular flexibility index (Phi) is 1.82. The summed E-state index contributed by atoms with van der Waals surface area (Å²) in [5, 5.41) is 0. The molecular weight excluding hydrogens is 148 g/mol. The molecule has 0 saturated carbocycles. The van der Waals surface area contributed by atoms with Crippen molar-refractivity contribution in [1.82, 2.24) is 9.97 Å². The SMILES string of the molecule is c1cc2ncc1-2.c1ccncc1. The van der Waals surface area contributed by atoms with Crippen molar-refractivity contribution in [1.29, 1.82) is 0 Å². The molecule has 2 heteroatoms. The first-order valence-corrected chi connectivity index (χ1v) is 3.78. The van der Waals surface area contributed by atoms with E-state index in [1.807, 2.05) is 30.5 Å². The first kappa shape index (κ1) is 6.98. The summed E-state index contributed by atoms with van der Waals surface area (Å²) in [6, 6.07) is 9.78. The number of aromatic nitrogens is 2. The zero-order chi connectivity index (χ0) is 8.23. The van der Waals surface area contributed by atoms with E-state index in [0.717, 1.165) is 0 Å². The largest absolute Gasteiger partial charge is 0.265 e. The minimum Gasteiger partial charge on any atom is -0.265 e. The molecule has 12 heavy (non-hydrogen) atoms. The molecule has 1 aromatic heterocycles. The maximum absolute atomic E-state index is 3.91. The van der Waals surface area contributed by atoms with Crippen LogP contribution in [0.25, 0.3) is 11.3 Å². The summed E-state index contributed by atoms with van der Waals surface area (Å²) in [5.41, 5.74) is 2.49. The third-order valence-corrected chi connectivity index (χ3v) is 1.63. The normalized spacial score (nSPS) is 9.67. The summed E-state index contributed by atoms with van der Waals surface area (Å²) in [5.74, 6) is 0. The molecule has 1 aliphatic heterocycles. The zero-order valence-electron chi connectivity index (χ0n) is 6.51. The Balaban J connectivity index is 0.0000000939. The fourth-order valence-electron chi connectivity index (χ4n) is 0.866. The number of pyridine rings is 2. The molecule has 1 aliphatic carbocycles. The first-order valence-electron chi connectivity index (χ1n) is 3.78. The van der Waals surface area contributed by atoms with Gasteiger partial charge in [0.05, 0.1) is 5.69 Å². The highest BCUT2D eigenvalue weighted by Crippen LogP contribution is 2.25. The lowest BCUT2D eigenvalue weighted by Gasteiger charge is -2.08. The second kappa shape index (κ2) is 3.13. The maximum atomic E-state index is 3.91. The molecule has 2 aliphatic rings. The predicted molar refractivity (Wildman–Crippen MR) is 47.5 cm³/mol. The van der Waals surface area contributed by atoms with Crippen LogP contribution in [0.3, 0.4) is 0 Å². The second-order valence-corrected chi connectivity index (χ2v) is 2.46. The number of nitrogens with zero attached hydrogens (tertiary/aromatic N) is 2. The van der Waals surface area contributed by atoms with Gasteiger partial charge < -0.3 is 0 Å². The van der Waals surface area contributed by atoms with Gasteiger partial charge in [-0.1, -0.05) is 6.07 Å².